The Morgan fingerprint density at radius 3 is 2.76 bits per heavy atom. The van der Waals surface area contributed by atoms with Crippen LogP contribution in [0.2, 0.25) is 0 Å². The lowest BCUT2D eigenvalue weighted by atomic mass is 10.0. The number of sulfonamides is 1. The van der Waals surface area contributed by atoms with Crippen LogP contribution in [-0.2, 0) is 14.8 Å². The molecule has 0 saturated carbocycles. The zero-order valence-electron chi connectivity index (χ0n) is 9.65. The van der Waals surface area contributed by atoms with Crippen LogP contribution in [0.5, 0.6) is 0 Å². The van der Waals surface area contributed by atoms with Gasteiger partial charge in [0.25, 0.3) is 0 Å². The van der Waals surface area contributed by atoms with Gasteiger partial charge in [-0.15, -0.1) is 0 Å². The molecule has 0 bridgehead atoms. The summed E-state index contributed by atoms with van der Waals surface area (Å²) in [6.45, 7) is 3.82. The highest BCUT2D eigenvalue weighted by Gasteiger charge is 2.28. The number of anilines is 1. The fraction of sp³-hybridized carbons (Fsp3) is 0.364. The van der Waals surface area contributed by atoms with Crippen molar-refractivity contribution in [3.05, 3.63) is 23.8 Å². The summed E-state index contributed by atoms with van der Waals surface area (Å²) in [4.78, 5) is 11.6. The van der Waals surface area contributed by atoms with Crippen molar-refractivity contribution in [1.82, 2.24) is 4.72 Å². The van der Waals surface area contributed by atoms with Crippen molar-refractivity contribution >= 4 is 21.6 Å². The molecule has 0 aromatic heterocycles. The van der Waals surface area contributed by atoms with Gasteiger partial charge in [-0.05, 0) is 30.7 Å². The smallest absolute Gasteiger partial charge is 0.240 e. The summed E-state index contributed by atoms with van der Waals surface area (Å²) in [5.41, 5.74) is 1.42. The van der Waals surface area contributed by atoms with Gasteiger partial charge in [0.2, 0.25) is 15.9 Å². The summed E-state index contributed by atoms with van der Waals surface area (Å²) < 4.78 is 26.0. The second kappa shape index (κ2) is 4.12. The van der Waals surface area contributed by atoms with Gasteiger partial charge < -0.3 is 5.32 Å². The fourth-order valence-corrected chi connectivity index (χ4v) is 2.91. The largest absolute Gasteiger partial charge is 0.325 e. The van der Waals surface area contributed by atoms with E-state index in [1.54, 1.807) is 26.0 Å². The molecule has 0 saturated heterocycles. The van der Waals surface area contributed by atoms with Gasteiger partial charge in [-0.3, -0.25) is 4.79 Å². The third kappa shape index (κ3) is 2.05. The van der Waals surface area contributed by atoms with E-state index >= 15 is 0 Å². The van der Waals surface area contributed by atoms with E-state index in [-0.39, 0.29) is 16.7 Å². The molecule has 17 heavy (non-hydrogen) atoms. The molecule has 1 aromatic rings. The first-order valence-electron chi connectivity index (χ1n) is 5.40. The molecule has 0 spiro atoms. The number of carbonyl (C=O) groups is 1. The maximum absolute atomic E-state index is 11.8. The molecule has 1 aliphatic rings. The van der Waals surface area contributed by atoms with E-state index in [1.165, 1.54) is 6.07 Å². The molecule has 1 aromatic carbocycles. The summed E-state index contributed by atoms with van der Waals surface area (Å²) >= 11 is 0. The summed E-state index contributed by atoms with van der Waals surface area (Å²) in [6.07, 6.45) is 0. The number of fused-ring (bicyclic) bond motifs is 1. The Balaban J connectivity index is 2.46. The fourth-order valence-electron chi connectivity index (χ4n) is 1.84. The van der Waals surface area contributed by atoms with E-state index in [4.69, 9.17) is 0 Å². The van der Waals surface area contributed by atoms with E-state index in [2.05, 4.69) is 10.0 Å². The quantitative estimate of drug-likeness (QED) is 0.846. The average molecular weight is 254 g/mol. The van der Waals surface area contributed by atoms with Gasteiger partial charge in [0, 0.05) is 12.2 Å². The molecule has 0 aliphatic carbocycles. The van der Waals surface area contributed by atoms with Crippen LogP contribution in [0.15, 0.2) is 23.1 Å². The van der Waals surface area contributed by atoms with Crippen molar-refractivity contribution in [3.63, 3.8) is 0 Å². The predicted molar refractivity (Wildman–Crippen MR) is 64.3 cm³/mol. The molecule has 1 amide bonds. The van der Waals surface area contributed by atoms with Crippen molar-refractivity contribution in [2.24, 2.45) is 0 Å². The molecular formula is C11H14N2O3S. The SMILES string of the molecule is CCNS(=O)(=O)c1ccc2c(c1)[C@@H](C)C(=O)N2. The molecule has 5 nitrogen and oxygen atoms in total. The number of carbonyl (C=O) groups excluding carboxylic acids is 1. The van der Waals surface area contributed by atoms with Crippen molar-refractivity contribution in [2.45, 2.75) is 24.7 Å². The Labute approximate surface area is 100 Å². The van der Waals surface area contributed by atoms with Gasteiger partial charge in [-0.1, -0.05) is 6.92 Å². The van der Waals surface area contributed by atoms with E-state index in [0.717, 1.165) is 5.56 Å². The highest BCUT2D eigenvalue weighted by atomic mass is 32.2. The lowest BCUT2D eigenvalue weighted by molar-refractivity contribution is -0.116. The lowest BCUT2D eigenvalue weighted by Crippen LogP contribution is -2.23. The van der Waals surface area contributed by atoms with Crippen molar-refractivity contribution in [1.29, 1.82) is 0 Å². The van der Waals surface area contributed by atoms with E-state index in [1.807, 2.05) is 0 Å². The highest BCUT2D eigenvalue weighted by molar-refractivity contribution is 7.89. The number of hydrogen-bond acceptors (Lipinski definition) is 3. The molecule has 0 unspecified atom stereocenters. The van der Waals surface area contributed by atoms with Gasteiger partial charge in [-0.25, -0.2) is 13.1 Å². The number of hydrogen-bond donors (Lipinski definition) is 2. The topological polar surface area (TPSA) is 75.3 Å². The maximum Gasteiger partial charge on any atom is 0.240 e. The Morgan fingerprint density at radius 1 is 1.41 bits per heavy atom. The Hall–Kier alpha value is -1.40. The van der Waals surface area contributed by atoms with E-state index in [0.29, 0.717) is 12.2 Å². The zero-order chi connectivity index (χ0) is 12.6. The third-order valence-electron chi connectivity index (χ3n) is 2.79. The van der Waals surface area contributed by atoms with E-state index < -0.39 is 10.0 Å². The standard InChI is InChI=1S/C11H14N2O3S/c1-3-12-17(15,16)8-4-5-10-9(6-8)7(2)11(14)13-10/h4-7,12H,3H2,1-2H3,(H,13,14)/t7-/m1/s1. The molecule has 0 radical (unpaired) electrons. The zero-order valence-corrected chi connectivity index (χ0v) is 10.5. The molecule has 0 fully saturated rings. The molecule has 6 heteroatoms. The Kier molecular flexibility index (Phi) is 2.92. The van der Waals surface area contributed by atoms with Crippen LogP contribution >= 0.6 is 0 Å². The van der Waals surface area contributed by atoms with Gasteiger partial charge in [0.1, 0.15) is 0 Å². The number of nitrogens with one attached hydrogen (secondary N) is 2. The van der Waals surface area contributed by atoms with Gasteiger partial charge in [0.15, 0.2) is 0 Å². The number of amides is 1. The van der Waals surface area contributed by atoms with Crippen molar-refractivity contribution < 1.29 is 13.2 Å². The lowest BCUT2D eigenvalue weighted by Gasteiger charge is -2.07. The van der Waals surface area contributed by atoms with Crippen LogP contribution in [0.1, 0.15) is 25.3 Å². The third-order valence-corrected chi connectivity index (χ3v) is 4.33. The van der Waals surface area contributed by atoms with Crippen LogP contribution in [0.25, 0.3) is 0 Å². The predicted octanol–water partition coefficient (Wildman–Crippen LogP) is 1.04. The maximum atomic E-state index is 11.8. The summed E-state index contributed by atoms with van der Waals surface area (Å²) in [7, 11) is -3.46. The van der Waals surface area contributed by atoms with Crippen LogP contribution in [0.3, 0.4) is 0 Å². The van der Waals surface area contributed by atoms with Gasteiger partial charge in [-0.2, -0.15) is 0 Å². The molecular weight excluding hydrogens is 240 g/mol. The molecule has 1 aliphatic heterocycles. The summed E-state index contributed by atoms with van der Waals surface area (Å²) in [5.74, 6) is -0.403. The van der Waals surface area contributed by atoms with Crippen LogP contribution in [0.4, 0.5) is 5.69 Å². The summed E-state index contributed by atoms with van der Waals surface area (Å²) in [5, 5.41) is 2.70. The molecule has 2 N–H and O–H groups in total. The first-order valence-corrected chi connectivity index (χ1v) is 6.88. The van der Waals surface area contributed by atoms with Crippen molar-refractivity contribution in [3.8, 4) is 0 Å². The minimum atomic E-state index is -3.46. The Morgan fingerprint density at radius 2 is 2.12 bits per heavy atom. The molecule has 92 valence electrons. The first kappa shape index (κ1) is 12.1. The highest BCUT2D eigenvalue weighted by Crippen LogP contribution is 2.33. The number of benzene rings is 1. The second-order valence-electron chi connectivity index (χ2n) is 3.96. The first-order chi connectivity index (χ1) is 7.95. The van der Waals surface area contributed by atoms with Crippen LogP contribution in [0, 0.1) is 0 Å². The monoisotopic (exact) mass is 254 g/mol. The normalized spacial score (nSPS) is 18.9. The molecule has 1 atom stereocenters. The number of rotatable bonds is 3. The molecule has 2 rings (SSSR count). The minimum absolute atomic E-state index is 0.0991. The second-order valence-corrected chi connectivity index (χ2v) is 5.73. The van der Waals surface area contributed by atoms with E-state index in [9.17, 15) is 13.2 Å². The van der Waals surface area contributed by atoms with Crippen molar-refractivity contribution in [2.75, 3.05) is 11.9 Å². The summed E-state index contributed by atoms with van der Waals surface area (Å²) in [6, 6.07) is 4.67. The average Bonchev–Trinajstić information content (AvgIpc) is 2.54. The van der Waals surface area contributed by atoms with Crippen LogP contribution in [-0.4, -0.2) is 20.9 Å². The molecule has 1 heterocycles. The van der Waals surface area contributed by atoms with Crippen LogP contribution < -0.4 is 10.0 Å². The van der Waals surface area contributed by atoms with Gasteiger partial charge >= 0.3 is 0 Å². The Bertz CT molecular complexity index is 566. The van der Waals surface area contributed by atoms with Gasteiger partial charge in [0.05, 0.1) is 10.8 Å². The minimum Gasteiger partial charge on any atom is -0.325 e.